The molecule has 0 spiro atoms. The molecule has 0 fully saturated rings. The zero-order valence-electron chi connectivity index (χ0n) is 34.5. The summed E-state index contributed by atoms with van der Waals surface area (Å²) >= 11 is 0. The summed E-state index contributed by atoms with van der Waals surface area (Å²) in [5, 5.41) is 0. The minimum atomic E-state index is -4.37. The molecule has 0 saturated heterocycles. The highest BCUT2D eigenvalue weighted by Gasteiger charge is 2.26. The summed E-state index contributed by atoms with van der Waals surface area (Å²) in [6.07, 6.45) is 41.0. The molecule has 0 saturated carbocycles. The first-order valence-corrected chi connectivity index (χ1v) is 23.7. The number of esters is 2. The Balaban J connectivity index is 4.07. The Bertz CT molecular complexity index is 886. The number of nitrogens with two attached hydrogens (primary N) is 1. The molecular formula is C43H84NO8P. The maximum atomic E-state index is 12.5. The van der Waals surface area contributed by atoms with Crippen LogP contribution in [0.25, 0.3) is 0 Å². The number of phosphoric acid groups is 1. The van der Waals surface area contributed by atoms with Gasteiger partial charge in [0.25, 0.3) is 0 Å². The van der Waals surface area contributed by atoms with Gasteiger partial charge >= 0.3 is 19.8 Å². The number of carbonyl (C=O) groups is 2. The number of allylic oxidation sites excluding steroid dienone is 2. The van der Waals surface area contributed by atoms with Crippen LogP contribution in [0.5, 0.6) is 0 Å². The molecule has 2 atom stereocenters. The molecular weight excluding hydrogens is 689 g/mol. The average Bonchev–Trinajstić information content (AvgIpc) is 3.14. The summed E-state index contributed by atoms with van der Waals surface area (Å²) < 4.78 is 32.8. The third-order valence-corrected chi connectivity index (χ3v) is 10.6. The largest absolute Gasteiger partial charge is 0.472 e. The van der Waals surface area contributed by atoms with Gasteiger partial charge in [0.1, 0.15) is 6.61 Å². The molecule has 0 aromatic carbocycles. The van der Waals surface area contributed by atoms with Crippen LogP contribution in [-0.2, 0) is 32.7 Å². The van der Waals surface area contributed by atoms with Crippen molar-refractivity contribution in [2.24, 2.45) is 5.73 Å². The minimum Gasteiger partial charge on any atom is -0.462 e. The second kappa shape index (κ2) is 40.4. The van der Waals surface area contributed by atoms with Crippen molar-refractivity contribution in [1.29, 1.82) is 0 Å². The van der Waals surface area contributed by atoms with Crippen LogP contribution in [0.1, 0.15) is 219 Å². The van der Waals surface area contributed by atoms with Gasteiger partial charge < -0.3 is 20.1 Å². The highest BCUT2D eigenvalue weighted by atomic mass is 31.2. The van der Waals surface area contributed by atoms with E-state index in [0.29, 0.717) is 6.42 Å². The van der Waals surface area contributed by atoms with E-state index < -0.39 is 26.5 Å². The number of phosphoric ester groups is 1. The van der Waals surface area contributed by atoms with Crippen LogP contribution in [0.2, 0.25) is 0 Å². The van der Waals surface area contributed by atoms with E-state index in [2.05, 4.69) is 26.0 Å². The van der Waals surface area contributed by atoms with Crippen LogP contribution in [0, 0.1) is 0 Å². The summed E-state index contributed by atoms with van der Waals surface area (Å²) in [5.41, 5.74) is 5.34. The van der Waals surface area contributed by atoms with Crippen LogP contribution >= 0.6 is 7.82 Å². The zero-order valence-corrected chi connectivity index (χ0v) is 35.4. The fourth-order valence-electron chi connectivity index (χ4n) is 6.34. The molecule has 1 unspecified atom stereocenters. The lowest BCUT2D eigenvalue weighted by atomic mass is 10.0. The van der Waals surface area contributed by atoms with Crippen molar-refractivity contribution < 1.29 is 37.6 Å². The summed E-state index contributed by atoms with van der Waals surface area (Å²) in [6, 6.07) is 0. The molecule has 10 heteroatoms. The fraction of sp³-hybridized carbons (Fsp3) is 0.907. The van der Waals surface area contributed by atoms with Gasteiger partial charge in [0.05, 0.1) is 13.2 Å². The second-order valence-electron chi connectivity index (χ2n) is 14.9. The molecule has 0 aliphatic rings. The van der Waals surface area contributed by atoms with Gasteiger partial charge in [0.15, 0.2) is 6.10 Å². The second-order valence-corrected chi connectivity index (χ2v) is 16.4. The van der Waals surface area contributed by atoms with Gasteiger partial charge in [-0.25, -0.2) is 4.57 Å². The molecule has 314 valence electrons. The van der Waals surface area contributed by atoms with E-state index in [1.807, 2.05) is 0 Å². The van der Waals surface area contributed by atoms with E-state index in [9.17, 15) is 19.0 Å². The third-order valence-electron chi connectivity index (χ3n) is 9.65. The summed E-state index contributed by atoms with van der Waals surface area (Å²) in [7, 11) is -4.37. The van der Waals surface area contributed by atoms with E-state index in [-0.39, 0.29) is 38.6 Å². The first kappa shape index (κ1) is 51.8. The molecule has 3 N–H and O–H groups in total. The Morgan fingerprint density at radius 3 is 1.36 bits per heavy atom. The molecule has 0 amide bonds. The number of unbranched alkanes of at least 4 members (excludes halogenated alkanes) is 27. The molecule has 0 heterocycles. The SMILES string of the molecule is CCCCCCC=CCCCCCCCC(=O)O[C@H](COC(=O)CCCCCCCCCCCCCCCCCCCCC)COP(=O)(O)OCCN. The van der Waals surface area contributed by atoms with Gasteiger partial charge in [0.2, 0.25) is 0 Å². The number of hydrogen-bond donors (Lipinski definition) is 2. The lowest BCUT2D eigenvalue weighted by molar-refractivity contribution is -0.161. The van der Waals surface area contributed by atoms with Gasteiger partial charge in [-0.1, -0.05) is 180 Å². The molecule has 0 rings (SSSR count). The minimum absolute atomic E-state index is 0.0548. The van der Waals surface area contributed by atoms with Crippen molar-refractivity contribution in [3.63, 3.8) is 0 Å². The Labute approximate surface area is 326 Å². The monoisotopic (exact) mass is 774 g/mol. The first-order chi connectivity index (χ1) is 25.8. The van der Waals surface area contributed by atoms with Gasteiger partial charge in [-0.15, -0.1) is 0 Å². The predicted molar refractivity (Wildman–Crippen MR) is 220 cm³/mol. The van der Waals surface area contributed by atoms with Crippen molar-refractivity contribution in [3.8, 4) is 0 Å². The molecule has 0 radical (unpaired) electrons. The standard InChI is InChI=1S/C43H84NO8P/c1-3-5-7-9-11-13-15-17-18-19-20-21-22-24-25-27-29-31-33-35-42(45)49-39-41(40-51-53(47,48)50-38-37-44)52-43(46)36-34-32-30-28-26-23-16-14-12-10-8-6-4-2/h14,16,41H,3-13,15,17-40,44H2,1-2H3,(H,47,48)/t41-/m1/s1. The van der Waals surface area contributed by atoms with Gasteiger partial charge in [-0.3, -0.25) is 18.6 Å². The van der Waals surface area contributed by atoms with Gasteiger partial charge in [0, 0.05) is 19.4 Å². The Kier molecular flexibility index (Phi) is 39.5. The van der Waals surface area contributed by atoms with E-state index in [0.717, 1.165) is 51.4 Å². The number of hydrogen-bond acceptors (Lipinski definition) is 8. The lowest BCUT2D eigenvalue weighted by Gasteiger charge is -2.19. The van der Waals surface area contributed by atoms with E-state index >= 15 is 0 Å². The highest BCUT2D eigenvalue weighted by molar-refractivity contribution is 7.47. The van der Waals surface area contributed by atoms with E-state index in [1.165, 1.54) is 135 Å². The molecule has 0 aliphatic carbocycles. The molecule has 0 aromatic heterocycles. The highest BCUT2D eigenvalue weighted by Crippen LogP contribution is 2.43. The smallest absolute Gasteiger partial charge is 0.462 e. The normalized spacial score (nSPS) is 13.4. The Hall–Kier alpha value is -1.25. The van der Waals surface area contributed by atoms with Crippen LogP contribution in [-0.4, -0.2) is 49.3 Å². The number of ether oxygens (including phenoxy) is 2. The molecule has 0 aromatic rings. The van der Waals surface area contributed by atoms with Crippen molar-refractivity contribution in [3.05, 3.63) is 12.2 Å². The van der Waals surface area contributed by atoms with Crippen LogP contribution in [0.3, 0.4) is 0 Å². The Morgan fingerprint density at radius 2 is 0.925 bits per heavy atom. The molecule has 0 bridgehead atoms. The summed E-state index contributed by atoms with van der Waals surface area (Å²) in [6.45, 7) is 3.74. The molecule has 9 nitrogen and oxygen atoms in total. The first-order valence-electron chi connectivity index (χ1n) is 22.2. The van der Waals surface area contributed by atoms with Gasteiger partial charge in [-0.2, -0.15) is 0 Å². The molecule has 0 aliphatic heterocycles. The van der Waals surface area contributed by atoms with Gasteiger partial charge in [-0.05, 0) is 38.5 Å². The van der Waals surface area contributed by atoms with Crippen molar-refractivity contribution in [2.45, 2.75) is 225 Å². The third kappa shape index (κ3) is 40.2. The van der Waals surface area contributed by atoms with Crippen molar-refractivity contribution in [1.82, 2.24) is 0 Å². The average molecular weight is 774 g/mol. The quantitative estimate of drug-likeness (QED) is 0.0269. The van der Waals surface area contributed by atoms with E-state index in [4.69, 9.17) is 24.3 Å². The van der Waals surface area contributed by atoms with Crippen molar-refractivity contribution >= 4 is 19.8 Å². The zero-order chi connectivity index (χ0) is 38.9. The Morgan fingerprint density at radius 1 is 0.547 bits per heavy atom. The topological polar surface area (TPSA) is 134 Å². The van der Waals surface area contributed by atoms with Crippen LogP contribution in [0.4, 0.5) is 0 Å². The summed E-state index contributed by atoms with van der Waals surface area (Å²) in [5.74, 6) is -0.828. The lowest BCUT2D eigenvalue weighted by Crippen LogP contribution is -2.29. The van der Waals surface area contributed by atoms with Crippen molar-refractivity contribution in [2.75, 3.05) is 26.4 Å². The number of rotatable bonds is 42. The maximum absolute atomic E-state index is 12.5. The predicted octanol–water partition coefficient (Wildman–Crippen LogP) is 12.6. The summed E-state index contributed by atoms with van der Waals surface area (Å²) in [4.78, 5) is 34.8. The molecule has 53 heavy (non-hydrogen) atoms. The number of carbonyl (C=O) groups excluding carboxylic acids is 2. The maximum Gasteiger partial charge on any atom is 0.472 e. The van der Waals surface area contributed by atoms with Crippen LogP contribution < -0.4 is 5.73 Å². The van der Waals surface area contributed by atoms with E-state index in [1.54, 1.807) is 0 Å². The fourth-order valence-corrected chi connectivity index (χ4v) is 7.10. The van der Waals surface area contributed by atoms with Crippen LogP contribution in [0.15, 0.2) is 12.2 Å².